The van der Waals surface area contributed by atoms with Crippen LogP contribution in [0.15, 0.2) is 18.3 Å². The molecule has 0 aliphatic carbocycles. The highest BCUT2D eigenvalue weighted by atomic mass is 35.5. The molecule has 2 aromatic rings. The van der Waals surface area contributed by atoms with E-state index < -0.39 is 5.97 Å². The molecule has 16 heavy (non-hydrogen) atoms. The molecule has 0 atom stereocenters. The number of carbonyl (C=O) groups is 1. The zero-order valence-electron chi connectivity index (χ0n) is 8.48. The molecule has 0 fully saturated rings. The molecule has 0 aliphatic heterocycles. The van der Waals surface area contributed by atoms with Crippen LogP contribution in [-0.2, 0) is 6.54 Å². The van der Waals surface area contributed by atoms with Crippen LogP contribution in [0.25, 0.3) is 0 Å². The molecule has 0 saturated heterocycles. The Morgan fingerprint density at radius 2 is 2.38 bits per heavy atom. The summed E-state index contributed by atoms with van der Waals surface area (Å²) in [4.78, 5) is 12.0. The van der Waals surface area contributed by atoms with Crippen LogP contribution in [0.4, 0.5) is 0 Å². The molecule has 6 heteroatoms. The smallest absolute Gasteiger partial charge is 0.345 e. The number of aromatic carboxylic acids is 1. The summed E-state index contributed by atoms with van der Waals surface area (Å²) in [6.07, 6.45) is 1.73. The van der Waals surface area contributed by atoms with Gasteiger partial charge in [-0.25, -0.2) is 4.79 Å². The number of carboxylic acids is 1. The second-order valence-electron chi connectivity index (χ2n) is 3.33. The predicted octanol–water partition coefficient (Wildman–Crippen LogP) is 2.65. The van der Waals surface area contributed by atoms with E-state index in [2.05, 4.69) is 5.10 Å². The first-order valence-electron chi connectivity index (χ1n) is 4.58. The summed E-state index contributed by atoms with van der Waals surface area (Å²) in [5.74, 6) is -0.897. The summed E-state index contributed by atoms with van der Waals surface area (Å²) in [7, 11) is 0. The number of hydrogen-bond acceptors (Lipinski definition) is 3. The van der Waals surface area contributed by atoms with E-state index in [1.165, 1.54) is 11.3 Å². The van der Waals surface area contributed by atoms with Gasteiger partial charge in [0.25, 0.3) is 0 Å². The SMILES string of the molecule is Cc1nn(Cc2ccc(C(=O)O)s2)cc1Cl. The molecule has 0 spiro atoms. The van der Waals surface area contributed by atoms with Crippen LogP contribution < -0.4 is 0 Å². The number of aryl methyl sites for hydroxylation is 1. The Balaban J connectivity index is 2.17. The lowest BCUT2D eigenvalue weighted by molar-refractivity contribution is 0.0702. The number of carboxylic acid groups (broad SMARTS) is 1. The minimum absolute atomic E-state index is 0.338. The molecule has 2 heterocycles. The van der Waals surface area contributed by atoms with Crippen LogP contribution in [0.1, 0.15) is 20.2 Å². The van der Waals surface area contributed by atoms with Crippen molar-refractivity contribution < 1.29 is 9.90 Å². The molecule has 0 aliphatic rings. The zero-order valence-corrected chi connectivity index (χ0v) is 10.0. The molecule has 4 nitrogen and oxygen atoms in total. The van der Waals surface area contributed by atoms with Gasteiger partial charge in [0, 0.05) is 11.1 Å². The second-order valence-corrected chi connectivity index (χ2v) is 4.91. The Hall–Kier alpha value is -1.33. The van der Waals surface area contributed by atoms with E-state index in [4.69, 9.17) is 16.7 Å². The van der Waals surface area contributed by atoms with E-state index in [0.717, 1.165) is 10.6 Å². The third-order valence-electron chi connectivity index (χ3n) is 2.08. The van der Waals surface area contributed by atoms with Crippen LogP contribution in [0.5, 0.6) is 0 Å². The normalized spacial score (nSPS) is 10.6. The molecule has 0 radical (unpaired) electrons. The largest absolute Gasteiger partial charge is 0.477 e. The maximum Gasteiger partial charge on any atom is 0.345 e. The van der Waals surface area contributed by atoms with Gasteiger partial charge < -0.3 is 5.11 Å². The monoisotopic (exact) mass is 256 g/mol. The van der Waals surface area contributed by atoms with Crippen molar-refractivity contribution in [3.8, 4) is 0 Å². The lowest BCUT2D eigenvalue weighted by Crippen LogP contribution is -1.98. The minimum atomic E-state index is -0.897. The molecule has 84 valence electrons. The van der Waals surface area contributed by atoms with Crippen molar-refractivity contribution in [1.29, 1.82) is 0 Å². The highest BCUT2D eigenvalue weighted by Crippen LogP contribution is 2.19. The van der Waals surface area contributed by atoms with Gasteiger partial charge in [-0.2, -0.15) is 5.10 Å². The quantitative estimate of drug-likeness (QED) is 0.919. The lowest BCUT2D eigenvalue weighted by atomic mass is 10.4. The zero-order chi connectivity index (χ0) is 11.7. The molecule has 0 bridgehead atoms. The van der Waals surface area contributed by atoms with E-state index in [0.29, 0.717) is 16.4 Å². The van der Waals surface area contributed by atoms with E-state index in [1.807, 2.05) is 6.92 Å². The topological polar surface area (TPSA) is 55.1 Å². The molecule has 0 saturated carbocycles. The third-order valence-corrected chi connectivity index (χ3v) is 3.51. The average molecular weight is 257 g/mol. The minimum Gasteiger partial charge on any atom is -0.477 e. The van der Waals surface area contributed by atoms with Crippen molar-refractivity contribution in [3.63, 3.8) is 0 Å². The lowest BCUT2D eigenvalue weighted by Gasteiger charge is -1.96. The summed E-state index contributed by atoms with van der Waals surface area (Å²) in [5.41, 5.74) is 0.775. The summed E-state index contributed by atoms with van der Waals surface area (Å²) in [6, 6.07) is 3.39. The van der Waals surface area contributed by atoms with E-state index in [-0.39, 0.29) is 0 Å². The molecule has 0 unspecified atom stereocenters. The summed E-state index contributed by atoms with van der Waals surface area (Å²) < 4.78 is 1.70. The van der Waals surface area contributed by atoms with Crippen molar-refractivity contribution in [1.82, 2.24) is 9.78 Å². The van der Waals surface area contributed by atoms with Crippen LogP contribution in [0, 0.1) is 6.92 Å². The fourth-order valence-electron chi connectivity index (χ4n) is 1.31. The molecule has 2 rings (SSSR count). The van der Waals surface area contributed by atoms with Crippen molar-refractivity contribution in [2.75, 3.05) is 0 Å². The summed E-state index contributed by atoms with van der Waals surface area (Å²) in [5, 5.41) is 13.6. The van der Waals surface area contributed by atoms with Crippen molar-refractivity contribution >= 4 is 28.9 Å². The number of aromatic nitrogens is 2. The van der Waals surface area contributed by atoms with Crippen LogP contribution in [0.2, 0.25) is 5.02 Å². The standard InChI is InChI=1S/C10H9ClN2O2S/c1-6-8(11)5-13(12-6)4-7-2-3-9(16-7)10(14)15/h2-3,5H,4H2,1H3,(H,14,15). The van der Waals surface area contributed by atoms with Gasteiger partial charge in [-0.1, -0.05) is 11.6 Å². The number of rotatable bonds is 3. The van der Waals surface area contributed by atoms with Crippen LogP contribution >= 0.6 is 22.9 Å². The maximum atomic E-state index is 10.7. The molecular weight excluding hydrogens is 248 g/mol. The first-order valence-corrected chi connectivity index (χ1v) is 5.77. The Morgan fingerprint density at radius 1 is 1.62 bits per heavy atom. The van der Waals surface area contributed by atoms with Gasteiger partial charge >= 0.3 is 5.97 Å². The number of thiophene rings is 1. The highest BCUT2D eigenvalue weighted by Gasteiger charge is 2.08. The van der Waals surface area contributed by atoms with Crippen molar-refractivity contribution in [2.45, 2.75) is 13.5 Å². The Morgan fingerprint density at radius 3 is 2.88 bits per heavy atom. The Labute approximate surface area is 101 Å². The number of nitrogens with zero attached hydrogens (tertiary/aromatic N) is 2. The summed E-state index contributed by atoms with van der Waals surface area (Å²) in [6.45, 7) is 2.38. The van der Waals surface area contributed by atoms with E-state index in [9.17, 15) is 4.79 Å². The van der Waals surface area contributed by atoms with E-state index in [1.54, 1.807) is 23.0 Å². The van der Waals surface area contributed by atoms with Gasteiger partial charge in [-0.3, -0.25) is 4.68 Å². The van der Waals surface area contributed by atoms with Gasteiger partial charge in [-0.05, 0) is 19.1 Å². The third kappa shape index (κ3) is 2.25. The first kappa shape index (κ1) is 11.2. The molecule has 0 amide bonds. The maximum absolute atomic E-state index is 10.7. The van der Waals surface area contributed by atoms with Gasteiger partial charge in [0.2, 0.25) is 0 Å². The van der Waals surface area contributed by atoms with Gasteiger partial charge in [-0.15, -0.1) is 11.3 Å². The Kier molecular flexibility index (Phi) is 2.98. The molecule has 0 aromatic carbocycles. The van der Waals surface area contributed by atoms with Crippen LogP contribution in [0.3, 0.4) is 0 Å². The predicted molar refractivity (Wildman–Crippen MR) is 62.4 cm³/mol. The molecule has 1 N–H and O–H groups in total. The van der Waals surface area contributed by atoms with Crippen molar-refractivity contribution in [3.05, 3.63) is 38.8 Å². The molecule has 2 aromatic heterocycles. The number of halogens is 1. The van der Waals surface area contributed by atoms with Crippen LogP contribution in [-0.4, -0.2) is 20.9 Å². The fourth-order valence-corrected chi connectivity index (χ4v) is 2.30. The van der Waals surface area contributed by atoms with Gasteiger partial charge in [0.1, 0.15) is 4.88 Å². The second kappa shape index (κ2) is 4.27. The average Bonchev–Trinajstić information content (AvgIpc) is 2.76. The highest BCUT2D eigenvalue weighted by molar-refractivity contribution is 7.13. The van der Waals surface area contributed by atoms with Crippen molar-refractivity contribution in [2.24, 2.45) is 0 Å². The first-order chi connectivity index (χ1) is 7.56. The van der Waals surface area contributed by atoms with Gasteiger partial charge in [0.15, 0.2) is 0 Å². The Bertz CT molecular complexity index is 513. The fraction of sp³-hybridized carbons (Fsp3) is 0.200. The molecular formula is C10H9ClN2O2S. The van der Waals surface area contributed by atoms with E-state index >= 15 is 0 Å². The summed E-state index contributed by atoms with van der Waals surface area (Å²) >= 11 is 7.12. The number of hydrogen-bond donors (Lipinski definition) is 1. The van der Waals surface area contributed by atoms with Gasteiger partial charge in [0.05, 0.1) is 17.3 Å².